The number of nitrogens with one attached hydrogen (secondary N) is 1. The highest BCUT2D eigenvalue weighted by atomic mass is 79.9. The molecule has 21 heavy (non-hydrogen) atoms. The number of piperidine rings is 1. The van der Waals surface area contributed by atoms with Gasteiger partial charge in [0.25, 0.3) is 5.56 Å². The molecule has 0 spiro atoms. The van der Waals surface area contributed by atoms with Crippen molar-refractivity contribution in [2.45, 2.75) is 25.9 Å². The maximum atomic E-state index is 12.2. The van der Waals surface area contributed by atoms with Gasteiger partial charge in [-0.05, 0) is 41.9 Å². The van der Waals surface area contributed by atoms with Gasteiger partial charge in [-0.1, -0.05) is 6.92 Å². The fraction of sp³-hybridized carbons (Fsp3) is 0.714. The molecule has 0 aromatic carbocycles. The van der Waals surface area contributed by atoms with Gasteiger partial charge in [0, 0.05) is 19.7 Å². The lowest BCUT2D eigenvalue weighted by Gasteiger charge is -2.35. The molecule has 1 N–H and O–H groups in total. The summed E-state index contributed by atoms with van der Waals surface area (Å²) in [7, 11) is 3.75. The second-order valence-corrected chi connectivity index (χ2v) is 6.47. The van der Waals surface area contributed by atoms with Gasteiger partial charge in [-0.2, -0.15) is 5.10 Å². The topological polar surface area (TPSA) is 59.4 Å². The lowest BCUT2D eigenvalue weighted by atomic mass is 9.94. The van der Waals surface area contributed by atoms with E-state index in [4.69, 9.17) is 4.74 Å². The van der Waals surface area contributed by atoms with Crippen molar-refractivity contribution in [3.63, 3.8) is 0 Å². The van der Waals surface area contributed by atoms with Crippen molar-refractivity contribution in [2.24, 2.45) is 5.92 Å². The molecule has 2 heterocycles. The fourth-order valence-corrected chi connectivity index (χ4v) is 3.09. The Kier molecular flexibility index (Phi) is 5.78. The van der Waals surface area contributed by atoms with Crippen LogP contribution in [0.4, 0.5) is 5.69 Å². The van der Waals surface area contributed by atoms with E-state index in [9.17, 15) is 4.79 Å². The largest absolute Gasteiger partial charge is 0.383 e. The zero-order chi connectivity index (χ0) is 15.4. The maximum absolute atomic E-state index is 12.2. The lowest BCUT2D eigenvalue weighted by Crippen LogP contribution is -2.43. The number of halogens is 1. The Balaban J connectivity index is 2.10. The molecular weight excluding hydrogens is 336 g/mol. The molecule has 1 aliphatic heterocycles. The summed E-state index contributed by atoms with van der Waals surface area (Å²) in [4.78, 5) is 14.6. The van der Waals surface area contributed by atoms with Crippen LogP contribution < -0.4 is 10.9 Å². The van der Waals surface area contributed by atoms with E-state index in [-0.39, 0.29) is 5.56 Å². The van der Waals surface area contributed by atoms with E-state index in [2.05, 4.69) is 45.2 Å². The van der Waals surface area contributed by atoms with Gasteiger partial charge in [0.05, 0.1) is 25.0 Å². The monoisotopic (exact) mass is 358 g/mol. The summed E-state index contributed by atoms with van der Waals surface area (Å²) in [5.41, 5.74) is 0.646. The summed E-state index contributed by atoms with van der Waals surface area (Å²) in [6.45, 7) is 5.29. The van der Waals surface area contributed by atoms with E-state index < -0.39 is 0 Å². The van der Waals surface area contributed by atoms with E-state index in [0.29, 0.717) is 29.6 Å². The normalized spacial score (nSPS) is 23.2. The zero-order valence-corrected chi connectivity index (χ0v) is 14.4. The minimum atomic E-state index is -0.127. The van der Waals surface area contributed by atoms with Crippen LogP contribution in [0.1, 0.15) is 13.3 Å². The van der Waals surface area contributed by atoms with Gasteiger partial charge in [-0.15, -0.1) is 0 Å². The highest BCUT2D eigenvalue weighted by Crippen LogP contribution is 2.23. The summed E-state index contributed by atoms with van der Waals surface area (Å²) in [6.07, 6.45) is 2.78. The average Bonchev–Trinajstić information content (AvgIpc) is 2.45. The van der Waals surface area contributed by atoms with Gasteiger partial charge in [-0.25, -0.2) is 4.68 Å². The van der Waals surface area contributed by atoms with Crippen molar-refractivity contribution in [1.29, 1.82) is 0 Å². The number of aromatic nitrogens is 2. The molecule has 1 saturated heterocycles. The van der Waals surface area contributed by atoms with Crippen LogP contribution >= 0.6 is 15.9 Å². The molecule has 0 saturated carbocycles. The van der Waals surface area contributed by atoms with Gasteiger partial charge in [0.2, 0.25) is 0 Å². The van der Waals surface area contributed by atoms with Gasteiger partial charge in [0.1, 0.15) is 4.47 Å². The van der Waals surface area contributed by atoms with E-state index in [1.807, 2.05) is 0 Å². The number of hydrogen-bond acceptors (Lipinski definition) is 5. The van der Waals surface area contributed by atoms with Crippen LogP contribution in [-0.2, 0) is 11.3 Å². The van der Waals surface area contributed by atoms with Crippen LogP contribution in [-0.4, -0.2) is 54.6 Å². The molecule has 1 aromatic rings. The predicted molar refractivity (Wildman–Crippen MR) is 86.8 cm³/mol. The van der Waals surface area contributed by atoms with Crippen LogP contribution in [0.2, 0.25) is 0 Å². The summed E-state index contributed by atoms with van der Waals surface area (Å²) in [5.74, 6) is 0.534. The van der Waals surface area contributed by atoms with Gasteiger partial charge in [0.15, 0.2) is 0 Å². The quantitative estimate of drug-likeness (QED) is 0.862. The Morgan fingerprint density at radius 2 is 2.33 bits per heavy atom. The van der Waals surface area contributed by atoms with Crippen molar-refractivity contribution < 1.29 is 4.74 Å². The molecule has 2 rings (SSSR count). The van der Waals surface area contributed by atoms with Crippen molar-refractivity contribution in [3.8, 4) is 0 Å². The lowest BCUT2D eigenvalue weighted by molar-refractivity contribution is 0.181. The summed E-state index contributed by atoms with van der Waals surface area (Å²) < 4.78 is 6.94. The smallest absolute Gasteiger partial charge is 0.283 e. The SMILES string of the molecule is COCCn1ncc(NC2CCN(C)CC2C)c(Br)c1=O. The molecule has 0 amide bonds. The molecular formula is C14H23BrN4O2. The van der Waals surface area contributed by atoms with Crippen molar-refractivity contribution in [3.05, 3.63) is 21.0 Å². The van der Waals surface area contributed by atoms with Crippen molar-refractivity contribution in [2.75, 3.05) is 39.2 Å². The number of ether oxygens (including phenoxy) is 1. The molecule has 118 valence electrons. The number of methoxy groups -OCH3 is 1. The Morgan fingerprint density at radius 1 is 1.57 bits per heavy atom. The van der Waals surface area contributed by atoms with Crippen molar-refractivity contribution in [1.82, 2.24) is 14.7 Å². The number of nitrogens with zero attached hydrogens (tertiary/aromatic N) is 3. The van der Waals surface area contributed by atoms with Crippen LogP contribution in [0.5, 0.6) is 0 Å². The third-order valence-corrected chi connectivity index (χ3v) is 4.71. The molecule has 0 bridgehead atoms. The summed E-state index contributed by atoms with van der Waals surface area (Å²) >= 11 is 3.39. The highest BCUT2D eigenvalue weighted by Gasteiger charge is 2.25. The molecule has 2 unspecified atom stereocenters. The van der Waals surface area contributed by atoms with E-state index >= 15 is 0 Å². The minimum Gasteiger partial charge on any atom is -0.383 e. The Labute approximate surface area is 133 Å². The maximum Gasteiger partial charge on any atom is 0.283 e. The molecule has 1 fully saturated rings. The predicted octanol–water partition coefficient (Wildman–Crippen LogP) is 1.40. The number of hydrogen-bond donors (Lipinski definition) is 1. The number of anilines is 1. The second-order valence-electron chi connectivity index (χ2n) is 5.67. The first-order valence-electron chi connectivity index (χ1n) is 7.22. The third-order valence-electron chi connectivity index (χ3n) is 3.94. The van der Waals surface area contributed by atoms with E-state index in [0.717, 1.165) is 25.2 Å². The molecule has 0 radical (unpaired) electrons. The molecule has 0 aliphatic carbocycles. The van der Waals surface area contributed by atoms with Crippen LogP contribution in [0, 0.1) is 5.92 Å². The molecule has 6 nitrogen and oxygen atoms in total. The standard InChI is InChI=1S/C14H23BrN4O2/c1-10-9-18(2)5-4-11(10)17-12-8-16-19(6-7-21-3)14(20)13(12)15/h8,10-11,17H,4-7,9H2,1-3H3. The van der Waals surface area contributed by atoms with Crippen molar-refractivity contribution >= 4 is 21.6 Å². The Hall–Kier alpha value is -0.920. The van der Waals surface area contributed by atoms with Crippen LogP contribution in [0.3, 0.4) is 0 Å². The van der Waals surface area contributed by atoms with E-state index in [1.54, 1.807) is 13.3 Å². The van der Waals surface area contributed by atoms with Gasteiger partial charge >= 0.3 is 0 Å². The number of likely N-dealkylation sites (tertiary alicyclic amines) is 1. The molecule has 1 aliphatic rings. The second kappa shape index (κ2) is 7.38. The first kappa shape index (κ1) is 16.5. The highest BCUT2D eigenvalue weighted by molar-refractivity contribution is 9.10. The third kappa shape index (κ3) is 4.05. The molecule has 2 atom stereocenters. The summed E-state index contributed by atoms with van der Waals surface area (Å²) in [5, 5.41) is 7.67. The first-order chi connectivity index (χ1) is 10.0. The zero-order valence-electron chi connectivity index (χ0n) is 12.8. The van der Waals surface area contributed by atoms with Gasteiger partial charge in [-0.3, -0.25) is 4.79 Å². The first-order valence-corrected chi connectivity index (χ1v) is 8.02. The summed E-state index contributed by atoms with van der Waals surface area (Å²) in [6, 6.07) is 0.369. The average molecular weight is 359 g/mol. The Morgan fingerprint density at radius 3 is 3.00 bits per heavy atom. The molecule has 1 aromatic heterocycles. The fourth-order valence-electron chi connectivity index (χ4n) is 2.67. The van der Waals surface area contributed by atoms with Gasteiger partial charge < -0.3 is 15.0 Å². The van der Waals surface area contributed by atoms with Crippen LogP contribution in [0.25, 0.3) is 0 Å². The Bertz CT molecular complexity index is 534. The molecule has 7 heteroatoms. The minimum absolute atomic E-state index is 0.127. The van der Waals surface area contributed by atoms with E-state index in [1.165, 1.54) is 4.68 Å². The number of rotatable bonds is 5. The van der Waals surface area contributed by atoms with Crippen LogP contribution in [0.15, 0.2) is 15.5 Å².